The van der Waals surface area contributed by atoms with Gasteiger partial charge < -0.3 is 0 Å². The van der Waals surface area contributed by atoms with E-state index < -0.39 is 0 Å². The first-order valence-electron chi connectivity index (χ1n) is 5.82. The molecule has 3 rings (SSSR count). The van der Waals surface area contributed by atoms with E-state index in [9.17, 15) is 4.39 Å². The Balaban J connectivity index is 2.20. The van der Waals surface area contributed by atoms with Gasteiger partial charge in [0, 0.05) is 5.56 Å². The van der Waals surface area contributed by atoms with E-state index in [-0.39, 0.29) is 5.82 Å². The van der Waals surface area contributed by atoms with Crippen molar-refractivity contribution in [3.05, 3.63) is 59.4 Å². The maximum atomic E-state index is 13.0. The van der Waals surface area contributed by atoms with Crippen molar-refractivity contribution < 1.29 is 4.39 Å². The quantitative estimate of drug-likeness (QED) is 0.725. The molecule has 0 saturated carbocycles. The molecule has 0 amide bonds. The molecule has 0 radical (unpaired) electrons. The molecule has 0 bridgehead atoms. The molecule has 100 valence electrons. The zero-order valence-corrected chi connectivity index (χ0v) is 11.8. The zero-order chi connectivity index (χ0) is 14.1. The molecule has 0 aliphatic rings. The van der Waals surface area contributed by atoms with Gasteiger partial charge in [-0.05, 0) is 36.4 Å². The molecule has 2 aromatic carbocycles. The number of thiol groups is 1. The number of para-hydroxylation sites is 1. The van der Waals surface area contributed by atoms with E-state index in [2.05, 4.69) is 22.8 Å². The smallest absolute Gasteiger partial charge is 0.193 e. The Hall–Kier alpha value is -1.85. The maximum absolute atomic E-state index is 13.0. The third-order valence-corrected chi connectivity index (χ3v) is 3.45. The zero-order valence-electron chi connectivity index (χ0n) is 10.2. The fourth-order valence-electron chi connectivity index (χ4n) is 1.92. The van der Waals surface area contributed by atoms with E-state index in [4.69, 9.17) is 11.6 Å². The van der Waals surface area contributed by atoms with Crippen LogP contribution >= 0.6 is 24.2 Å². The molecule has 1 heterocycles. The molecule has 0 aliphatic heterocycles. The summed E-state index contributed by atoms with van der Waals surface area (Å²) in [5, 5.41) is 9.02. The van der Waals surface area contributed by atoms with Crippen LogP contribution in [0, 0.1) is 5.82 Å². The van der Waals surface area contributed by atoms with Crippen LogP contribution in [0.3, 0.4) is 0 Å². The Bertz CT molecular complexity index is 755. The second-order valence-electron chi connectivity index (χ2n) is 4.12. The molecular weight excluding hydrogens is 297 g/mol. The molecule has 0 fully saturated rings. The molecule has 1 aromatic heterocycles. The van der Waals surface area contributed by atoms with Crippen LogP contribution in [0.4, 0.5) is 4.39 Å². The summed E-state index contributed by atoms with van der Waals surface area (Å²) in [6.45, 7) is 0. The van der Waals surface area contributed by atoms with Crippen LogP contribution in [0.1, 0.15) is 0 Å². The Labute approximate surface area is 125 Å². The predicted molar refractivity (Wildman–Crippen MR) is 79.0 cm³/mol. The summed E-state index contributed by atoms with van der Waals surface area (Å²) in [5.74, 6) is 0.256. The van der Waals surface area contributed by atoms with Crippen molar-refractivity contribution in [1.29, 1.82) is 0 Å². The van der Waals surface area contributed by atoms with Gasteiger partial charge in [0.2, 0.25) is 0 Å². The van der Waals surface area contributed by atoms with Crippen molar-refractivity contribution in [2.75, 3.05) is 0 Å². The van der Waals surface area contributed by atoms with Gasteiger partial charge in [-0.25, -0.2) is 4.39 Å². The van der Waals surface area contributed by atoms with E-state index in [0.717, 1.165) is 11.3 Å². The fraction of sp³-hybridized carbons (Fsp3) is 0. The topological polar surface area (TPSA) is 30.7 Å². The lowest BCUT2D eigenvalue weighted by Crippen LogP contribution is -1.99. The van der Waals surface area contributed by atoms with Crippen molar-refractivity contribution in [1.82, 2.24) is 14.8 Å². The number of benzene rings is 2. The highest BCUT2D eigenvalue weighted by Crippen LogP contribution is 2.28. The van der Waals surface area contributed by atoms with Crippen LogP contribution in [0.15, 0.2) is 53.7 Å². The largest absolute Gasteiger partial charge is 0.269 e. The number of aromatic nitrogens is 3. The number of nitrogens with zero attached hydrogens (tertiary/aromatic N) is 3. The Kier molecular flexibility index (Phi) is 3.46. The molecule has 3 aromatic rings. The first kappa shape index (κ1) is 13.1. The monoisotopic (exact) mass is 305 g/mol. The van der Waals surface area contributed by atoms with Crippen LogP contribution in [0.25, 0.3) is 17.1 Å². The molecule has 0 atom stereocenters. The van der Waals surface area contributed by atoms with E-state index >= 15 is 0 Å². The first-order chi connectivity index (χ1) is 9.66. The summed E-state index contributed by atoms with van der Waals surface area (Å²) >= 11 is 10.5. The lowest BCUT2D eigenvalue weighted by molar-refractivity contribution is 0.628. The van der Waals surface area contributed by atoms with Crippen LogP contribution in [0.5, 0.6) is 0 Å². The van der Waals surface area contributed by atoms with E-state index in [1.54, 1.807) is 22.8 Å². The average molecular weight is 306 g/mol. The molecule has 6 heteroatoms. The van der Waals surface area contributed by atoms with Gasteiger partial charge in [0.1, 0.15) is 5.82 Å². The summed E-state index contributed by atoms with van der Waals surface area (Å²) in [6, 6.07) is 13.4. The summed E-state index contributed by atoms with van der Waals surface area (Å²) in [4.78, 5) is 0. The minimum Gasteiger partial charge on any atom is -0.269 e. The fourth-order valence-corrected chi connectivity index (χ4v) is 2.38. The standard InChI is InChI=1S/C14H9ClFN3S/c15-11-3-1-2-4-12(11)19-13(17-18-14(19)20)9-5-7-10(16)8-6-9/h1-8H,(H,18,20). The molecule has 0 aliphatic carbocycles. The molecule has 20 heavy (non-hydrogen) atoms. The first-order valence-corrected chi connectivity index (χ1v) is 6.64. The summed E-state index contributed by atoms with van der Waals surface area (Å²) < 4.78 is 14.7. The Morgan fingerprint density at radius 2 is 1.70 bits per heavy atom. The second-order valence-corrected chi connectivity index (χ2v) is 4.92. The van der Waals surface area contributed by atoms with Gasteiger partial charge in [0.25, 0.3) is 0 Å². The van der Waals surface area contributed by atoms with Crippen LogP contribution in [-0.2, 0) is 0 Å². The molecule has 0 unspecified atom stereocenters. The van der Waals surface area contributed by atoms with Crippen molar-refractivity contribution in [2.24, 2.45) is 0 Å². The van der Waals surface area contributed by atoms with Gasteiger partial charge in [0.05, 0.1) is 10.7 Å². The van der Waals surface area contributed by atoms with Crippen molar-refractivity contribution in [3.63, 3.8) is 0 Å². The molecule has 0 saturated heterocycles. The summed E-state index contributed by atoms with van der Waals surface area (Å²) in [5.41, 5.74) is 1.46. The van der Waals surface area contributed by atoms with E-state index in [0.29, 0.717) is 16.0 Å². The molecular formula is C14H9ClFN3S. The van der Waals surface area contributed by atoms with Gasteiger partial charge in [-0.3, -0.25) is 4.57 Å². The SMILES string of the molecule is Fc1ccc(-c2nnc(S)n2-c2ccccc2Cl)cc1. The van der Waals surface area contributed by atoms with Crippen LogP contribution < -0.4 is 0 Å². The summed E-state index contributed by atoms with van der Waals surface area (Å²) in [7, 11) is 0. The number of hydrogen-bond acceptors (Lipinski definition) is 3. The highest BCUT2D eigenvalue weighted by atomic mass is 35.5. The van der Waals surface area contributed by atoms with Gasteiger partial charge in [0.15, 0.2) is 11.0 Å². The van der Waals surface area contributed by atoms with Crippen molar-refractivity contribution in [3.8, 4) is 17.1 Å². The lowest BCUT2D eigenvalue weighted by atomic mass is 10.2. The highest BCUT2D eigenvalue weighted by molar-refractivity contribution is 7.80. The second kappa shape index (κ2) is 5.26. The van der Waals surface area contributed by atoms with Crippen molar-refractivity contribution in [2.45, 2.75) is 5.16 Å². The minimum absolute atomic E-state index is 0.302. The highest BCUT2D eigenvalue weighted by Gasteiger charge is 2.15. The predicted octanol–water partition coefficient (Wildman–Crippen LogP) is 4.02. The van der Waals surface area contributed by atoms with E-state index in [1.807, 2.05) is 18.2 Å². The average Bonchev–Trinajstić information content (AvgIpc) is 2.82. The number of halogens is 2. The summed E-state index contributed by atoms with van der Waals surface area (Å²) in [6.07, 6.45) is 0. The van der Waals surface area contributed by atoms with Crippen LogP contribution in [0.2, 0.25) is 5.02 Å². The number of hydrogen-bond donors (Lipinski definition) is 1. The molecule has 3 nitrogen and oxygen atoms in total. The van der Waals surface area contributed by atoms with Gasteiger partial charge >= 0.3 is 0 Å². The third kappa shape index (κ3) is 2.30. The van der Waals surface area contributed by atoms with Gasteiger partial charge in [-0.1, -0.05) is 23.7 Å². The molecule has 0 spiro atoms. The van der Waals surface area contributed by atoms with Crippen molar-refractivity contribution >= 4 is 24.2 Å². The Morgan fingerprint density at radius 1 is 1.00 bits per heavy atom. The number of rotatable bonds is 2. The van der Waals surface area contributed by atoms with E-state index in [1.165, 1.54) is 12.1 Å². The maximum Gasteiger partial charge on any atom is 0.193 e. The van der Waals surface area contributed by atoms with Gasteiger partial charge in [-0.2, -0.15) is 0 Å². The Morgan fingerprint density at radius 3 is 2.40 bits per heavy atom. The third-order valence-electron chi connectivity index (χ3n) is 2.84. The van der Waals surface area contributed by atoms with Crippen LogP contribution in [-0.4, -0.2) is 14.8 Å². The molecule has 0 N–H and O–H groups in total. The lowest BCUT2D eigenvalue weighted by Gasteiger charge is -2.09. The van der Waals surface area contributed by atoms with Gasteiger partial charge in [-0.15, -0.1) is 22.8 Å². The minimum atomic E-state index is -0.302. The normalized spacial score (nSPS) is 10.8.